The Morgan fingerprint density at radius 1 is 0.800 bits per heavy atom. The van der Waals surface area contributed by atoms with Crippen LogP contribution in [0, 0.1) is 0 Å². The Morgan fingerprint density at radius 3 is 2.17 bits per heavy atom. The Balaban J connectivity index is 1.43. The Kier molecular flexibility index (Phi) is 6.18. The van der Waals surface area contributed by atoms with Gasteiger partial charge in [0.05, 0.1) is 5.69 Å². The second-order valence-electron chi connectivity index (χ2n) is 7.65. The van der Waals surface area contributed by atoms with E-state index < -0.39 is 11.8 Å². The molecule has 172 valence electrons. The molecule has 2 amide bonds. The van der Waals surface area contributed by atoms with Crippen molar-refractivity contribution in [2.75, 3.05) is 4.90 Å². The summed E-state index contributed by atoms with van der Waals surface area (Å²) in [5.74, 6) is 0.241. The van der Waals surface area contributed by atoms with Crippen LogP contribution in [0.25, 0.3) is 11.8 Å². The molecule has 2 heterocycles. The number of nitrogens with one attached hydrogen (secondary N) is 1. The lowest BCUT2D eigenvalue weighted by Crippen LogP contribution is -2.54. The summed E-state index contributed by atoms with van der Waals surface area (Å²) in [6.45, 7) is 0. The molecule has 1 aromatic heterocycles. The average Bonchev–Trinajstić information content (AvgIpc) is 3.32. The quantitative estimate of drug-likeness (QED) is 0.215. The fourth-order valence-electron chi connectivity index (χ4n) is 3.68. The van der Waals surface area contributed by atoms with Crippen LogP contribution in [0.5, 0.6) is 11.5 Å². The normalized spacial score (nSPS) is 14.8. The van der Waals surface area contributed by atoms with E-state index >= 15 is 0 Å². The molecule has 6 nitrogen and oxygen atoms in total. The van der Waals surface area contributed by atoms with Gasteiger partial charge in [-0.3, -0.25) is 19.8 Å². The van der Waals surface area contributed by atoms with Crippen LogP contribution < -0.4 is 15.0 Å². The number of carbonyl (C=O) groups is 2. The van der Waals surface area contributed by atoms with Crippen molar-refractivity contribution in [1.29, 1.82) is 0 Å². The number of thiocarbonyl (C=S) groups is 1. The highest BCUT2D eigenvalue weighted by Gasteiger charge is 2.34. The maximum Gasteiger partial charge on any atom is 0.270 e. The van der Waals surface area contributed by atoms with E-state index in [-0.39, 0.29) is 10.7 Å². The van der Waals surface area contributed by atoms with Gasteiger partial charge in [-0.1, -0.05) is 29.8 Å². The topological polar surface area (TPSA) is 63.6 Å². The van der Waals surface area contributed by atoms with Crippen molar-refractivity contribution < 1.29 is 14.3 Å². The zero-order chi connectivity index (χ0) is 24.4. The smallest absolute Gasteiger partial charge is 0.270 e. The van der Waals surface area contributed by atoms with Crippen molar-refractivity contribution in [2.24, 2.45) is 0 Å². The van der Waals surface area contributed by atoms with Crippen molar-refractivity contribution in [3.8, 4) is 17.2 Å². The minimum Gasteiger partial charge on any atom is -0.457 e. The van der Waals surface area contributed by atoms with Crippen molar-refractivity contribution in [2.45, 2.75) is 0 Å². The minimum atomic E-state index is -0.552. The van der Waals surface area contributed by atoms with E-state index in [9.17, 15) is 9.59 Å². The van der Waals surface area contributed by atoms with Crippen molar-refractivity contribution in [3.05, 3.63) is 113 Å². The van der Waals surface area contributed by atoms with Gasteiger partial charge in [0.1, 0.15) is 17.1 Å². The number of carbonyl (C=O) groups excluding carboxylic acids is 2. The summed E-state index contributed by atoms with van der Waals surface area (Å²) in [5.41, 5.74) is 1.98. The fraction of sp³-hybridized carbons (Fsp3) is 0. The van der Waals surface area contributed by atoms with Crippen LogP contribution in [-0.4, -0.2) is 21.5 Å². The molecular formula is C27H18ClN3O3S. The second-order valence-corrected chi connectivity index (χ2v) is 8.47. The lowest BCUT2D eigenvalue weighted by Gasteiger charge is -2.29. The molecule has 0 bridgehead atoms. The first-order valence-electron chi connectivity index (χ1n) is 10.7. The second kappa shape index (κ2) is 9.58. The maximum absolute atomic E-state index is 13.4. The van der Waals surface area contributed by atoms with Gasteiger partial charge >= 0.3 is 0 Å². The van der Waals surface area contributed by atoms with Crippen LogP contribution in [0.15, 0.2) is 103 Å². The lowest BCUT2D eigenvalue weighted by atomic mass is 10.1. The van der Waals surface area contributed by atoms with Gasteiger partial charge in [-0.2, -0.15) is 0 Å². The highest BCUT2D eigenvalue weighted by Crippen LogP contribution is 2.27. The summed E-state index contributed by atoms with van der Waals surface area (Å²) >= 11 is 11.3. The standard InChI is InChI=1S/C27H18ClN3O3S/c28-18-8-10-19(11-9-18)30-16-4-5-21(30)17-24-25(32)29-27(35)31(26(24)33)20-12-14-23(15-13-20)34-22-6-2-1-3-7-22/h1-17H,(H,29,32,35). The average molecular weight is 500 g/mol. The van der Waals surface area contributed by atoms with Gasteiger partial charge in [-0.05, 0) is 91.1 Å². The molecule has 35 heavy (non-hydrogen) atoms. The largest absolute Gasteiger partial charge is 0.457 e. The Morgan fingerprint density at radius 2 is 1.46 bits per heavy atom. The van der Waals surface area contributed by atoms with E-state index in [0.717, 1.165) is 5.69 Å². The number of rotatable bonds is 5. The fourth-order valence-corrected chi connectivity index (χ4v) is 4.08. The number of nitrogens with zero attached hydrogens (tertiary/aromatic N) is 2. The van der Waals surface area contributed by atoms with Gasteiger partial charge in [-0.15, -0.1) is 0 Å². The summed E-state index contributed by atoms with van der Waals surface area (Å²) in [6.07, 6.45) is 3.39. The molecule has 5 rings (SSSR count). The third kappa shape index (κ3) is 4.73. The summed E-state index contributed by atoms with van der Waals surface area (Å²) < 4.78 is 7.67. The molecule has 0 radical (unpaired) electrons. The SMILES string of the molecule is O=C1NC(=S)N(c2ccc(Oc3ccccc3)cc2)C(=O)C1=Cc1cccn1-c1ccc(Cl)cc1. The van der Waals surface area contributed by atoms with Crippen LogP contribution >= 0.6 is 23.8 Å². The molecule has 1 fully saturated rings. The lowest BCUT2D eigenvalue weighted by molar-refractivity contribution is -0.122. The van der Waals surface area contributed by atoms with Gasteiger partial charge in [0.25, 0.3) is 11.8 Å². The number of amides is 2. The van der Waals surface area contributed by atoms with Crippen LogP contribution in [0.1, 0.15) is 5.69 Å². The monoisotopic (exact) mass is 499 g/mol. The van der Waals surface area contributed by atoms with Crippen molar-refractivity contribution >= 4 is 52.5 Å². The molecule has 0 saturated carbocycles. The van der Waals surface area contributed by atoms with E-state index in [1.54, 1.807) is 42.5 Å². The Labute approximate surface area is 212 Å². The summed E-state index contributed by atoms with van der Waals surface area (Å²) in [7, 11) is 0. The van der Waals surface area contributed by atoms with E-state index in [4.69, 9.17) is 28.6 Å². The van der Waals surface area contributed by atoms with Gasteiger partial charge in [0.2, 0.25) is 0 Å². The Bertz CT molecular complexity index is 1450. The number of ether oxygens (including phenoxy) is 1. The highest BCUT2D eigenvalue weighted by molar-refractivity contribution is 7.80. The van der Waals surface area contributed by atoms with E-state index in [1.165, 1.54) is 4.90 Å². The first-order chi connectivity index (χ1) is 17.0. The third-order valence-corrected chi connectivity index (χ3v) is 5.89. The van der Waals surface area contributed by atoms with Crippen molar-refractivity contribution in [1.82, 2.24) is 9.88 Å². The van der Waals surface area contributed by atoms with Crippen molar-refractivity contribution in [3.63, 3.8) is 0 Å². The third-order valence-electron chi connectivity index (χ3n) is 5.35. The van der Waals surface area contributed by atoms with Gasteiger partial charge in [0.15, 0.2) is 5.11 Å². The zero-order valence-corrected chi connectivity index (χ0v) is 19.8. The van der Waals surface area contributed by atoms with Gasteiger partial charge < -0.3 is 9.30 Å². The molecule has 8 heteroatoms. The molecule has 1 N–H and O–H groups in total. The number of aromatic nitrogens is 1. The predicted molar refractivity (Wildman–Crippen MR) is 140 cm³/mol. The molecule has 3 aromatic carbocycles. The first kappa shape index (κ1) is 22.6. The molecule has 0 unspecified atom stereocenters. The molecule has 0 aliphatic carbocycles. The summed E-state index contributed by atoms with van der Waals surface area (Å²) in [4.78, 5) is 27.4. The number of para-hydroxylation sites is 1. The number of benzene rings is 3. The summed E-state index contributed by atoms with van der Waals surface area (Å²) in [5, 5.41) is 3.25. The predicted octanol–water partition coefficient (Wildman–Crippen LogP) is 5.75. The molecule has 1 aliphatic heterocycles. The van der Waals surface area contributed by atoms with Crippen LogP contribution in [-0.2, 0) is 9.59 Å². The summed E-state index contributed by atoms with van der Waals surface area (Å²) in [6, 6.07) is 27.2. The molecule has 0 atom stereocenters. The molecular weight excluding hydrogens is 482 g/mol. The zero-order valence-electron chi connectivity index (χ0n) is 18.2. The van der Waals surface area contributed by atoms with E-state index in [0.29, 0.717) is 27.9 Å². The molecule has 4 aromatic rings. The number of hydrogen-bond acceptors (Lipinski definition) is 4. The number of halogens is 1. The van der Waals surface area contributed by atoms with E-state index in [2.05, 4.69) is 5.32 Å². The minimum absolute atomic E-state index is 0.0157. The van der Waals surface area contributed by atoms with E-state index in [1.807, 2.05) is 65.4 Å². The van der Waals surface area contributed by atoms with Crippen LogP contribution in [0.3, 0.4) is 0 Å². The van der Waals surface area contributed by atoms with Gasteiger partial charge in [-0.25, -0.2) is 0 Å². The number of anilines is 1. The molecule has 1 aliphatic rings. The molecule has 1 saturated heterocycles. The van der Waals surface area contributed by atoms with Crippen LogP contribution in [0.4, 0.5) is 5.69 Å². The van der Waals surface area contributed by atoms with Crippen LogP contribution in [0.2, 0.25) is 5.02 Å². The highest BCUT2D eigenvalue weighted by atomic mass is 35.5. The Hall–Kier alpha value is -4.20. The first-order valence-corrected chi connectivity index (χ1v) is 11.5. The molecule has 0 spiro atoms. The van der Waals surface area contributed by atoms with Gasteiger partial charge in [0, 0.05) is 22.6 Å². The maximum atomic E-state index is 13.4. The number of hydrogen-bond donors (Lipinski definition) is 1.